The van der Waals surface area contributed by atoms with Gasteiger partial charge >= 0.3 is 6.03 Å². The maximum atomic E-state index is 11.4. The lowest BCUT2D eigenvalue weighted by molar-refractivity contribution is 0.171. The summed E-state index contributed by atoms with van der Waals surface area (Å²) < 4.78 is 12.6. The lowest BCUT2D eigenvalue weighted by atomic mass is 10.1. The predicted octanol–water partition coefficient (Wildman–Crippen LogP) is 4.31. The van der Waals surface area contributed by atoms with Gasteiger partial charge in [-0.15, -0.1) is 11.3 Å². The monoisotopic (exact) mass is 466 g/mol. The molecule has 7 nitrogen and oxygen atoms in total. The van der Waals surface area contributed by atoms with E-state index >= 15 is 0 Å². The van der Waals surface area contributed by atoms with E-state index in [1.807, 2.05) is 18.2 Å². The summed E-state index contributed by atoms with van der Waals surface area (Å²) >= 11 is 1.60. The Hall–Kier alpha value is -2.97. The van der Waals surface area contributed by atoms with Crippen molar-refractivity contribution in [2.75, 3.05) is 56.2 Å². The number of thiophene rings is 1. The molecule has 33 heavy (non-hydrogen) atoms. The number of amides is 2. The number of hydrogen-bond acceptors (Lipinski definition) is 6. The molecule has 1 fully saturated rings. The van der Waals surface area contributed by atoms with Crippen LogP contribution in [-0.2, 0) is 6.42 Å². The van der Waals surface area contributed by atoms with E-state index in [2.05, 4.69) is 39.4 Å². The summed E-state index contributed by atoms with van der Waals surface area (Å²) in [4.78, 5) is 16.4. The summed E-state index contributed by atoms with van der Waals surface area (Å²) in [6, 6.07) is 14.1. The molecule has 8 heteroatoms. The Kier molecular flexibility index (Phi) is 6.55. The van der Waals surface area contributed by atoms with E-state index in [9.17, 15) is 4.79 Å². The minimum atomic E-state index is -0.501. The van der Waals surface area contributed by atoms with Crippen molar-refractivity contribution in [1.29, 1.82) is 0 Å². The molecule has 174 valence electrons. The predicted molar refractivity (Wildman–Crippen MR) is 134 cm³/mol. The van der Waals surface area contributed by atoms with E-state index in [-0.39, 0.29) is 0 Å². The zero-order valence-electron chi connectivity index (χ0n) is 18.7. The van der Waals surface area contributed by atoms with E-state index in [1.165, 1.54) is 21.3 Å². The summed E-state index contributed by atoms with van der Waals surface area (Å²) in [6.07, 6.45) is 3.15. The first-order chi connectivity index (χ1) is 16.2. The fraction of sp³-hybridized carbons (Fsp3) is 0.400. The van der Waals surface area contributed by atoms with Gasteiger partial charge in [0.15, 0.2) is 11.5 Å². The molecule has 2 aliphatic rings. The second kappa shape index (κ2) is 9.89. The van der Waals surface area contributed by atoms with Gasteiger partial charge < -0.3 is 20.1 Å². The number of piperazine rings is 1. The van der Waals surface area contributed by atoms with Crippen molar-refractivity contribution in [3.8, 4) is 11.5 Å². The molecule has 0 radical (unpaired) electrons. The number of carbonyl (C=O) groups is 1. The highest BCUT2D eigenvalue weighted by Gasteiger charge is 2.20. The van der Waals surface area contributed by atoms with Crippen LogP contribution in [0.4, 0.5) is 15.5 Å². The Balaban J connectivity index is 1.11. The number of primary amides is 1. The number of nitrogens with two attached hydrogens (primary N) is 1. The third-order valence-electron chi connectivity index (χ3n) is 6.35. The first-order valence-electron chi connectivity index (χ1n) is 11.6. The van der Waals surface area contributed by atoms with Crippen LogP contribution in [0.3, 0.4) is 0 Å². The van der Waals surface area contributed by atoms with Crippen molar-refractivity contribution < 1.29 is 14.3 Å². The second-order valence-electron chi connectivity index (χ2n) is 8.51. The number of fused-ring (bicyclic) bond motifs is 2. The number of ether oxygens (including phenoxy) is 2. The van der Waals surface area contributed by atoms with Crippen LogP contribution in [0.5, 0.6) is 11.5 Å². The van der Waals surface area contributed by atoms with Crippen LogP contribution in [0.15, 0.2) is 42.5 Å². The van der Waals surface area contributed by atoms with Crippen molar-refractivity contribution in [2.24, 2.45) is 5.73 Å². The highest BCUT2D eigenvalue weighted by atomic mass is 32.1. The second-order valence-corrected chi connectivity index (χ2v) is 9.56. The molecule has 0 aliphatic carbocycles. The smallest absolute Gasteiger partial charge is 0.317 e. The van der Waals surface area contributed by atoms with Crippen LogP contribution in [0.2, 0.25) is 0 Å². The molecule has 3 N–H and O–H groups in total. The van der Waals surface area contributed by atoms with Gasteiger partial charge in [0.05, 0.1) is 0 Å². The molecule has 0 spiro atoms. The SMILES string of the molecule is NC(=O)Nc1sc2ccccc2c1CCCCN1CCN(c2ccc3c(c2)OCCO3)CC1. The third-order valence-corrected chi connectivity index (χ3v) is 7.48. The van der Waals surface area contributed by atoms with E-state index in [4.69, 9.17) is 15.2 Å². The van der Waals surface area contributed by atoms with Gasteiger partial charge in [0.2, 0.25) is 0 Å². The number of rotatable bonds is 7. The zero-order valence-corrected chi connectivity index (χ0v) is 19.5. The highest BCUT2D eigenvalue weighted by Crippen LogP contribution is 2.37. The molecule has 2 aromatic carbocycles. The van der Waals surface area contributed by atoms with Crippen LogP contribution in [0.25, 0.3) is 10.1 Å². The number of carbonyl (C=O) groups excluding carboxylic acids is 1. The Morgan fingerprint density at radius 3 is 2.61 bits per heavy atom. The molecule has 1 aromatic heterocycles. The largest absolute Gasteiger partial charge is 0.486 e. The molecule has 0 unspecified atom stereocenters. The summed E-state index contributed by atoms with van der Waals surface area (Å²) in [7, 11) is 0. The van der Waals surface area contributed by atoms with Gasteiger partial charge in [-0.05, 0) is 55.0 Å². The van der Waals surface area contributed by atoms with Crippen molar-refractivity contribution in [1.82, 2.24) is 4.90 Å². The number of nitrogens with one attached hydrogen (secondary N) is 1. The molecular weight excluding hydrogens is 436 g/mol. The average molecular weight is 467 g/mol. The number of anilines is 2. The van der Waals surface area contributed by atoms with Crippen LogP contribution in [0, 0.1) is 0 Å². The van der Waals surface area contributed by atoms with Gasteiger partial charge in [-0.1, -0.05) is 18.2 Å². The van der Waals surface area contributed by atoms with Gasteiger partial charge in [0.25, 0.3) is 0 Å². The maximum Gasteiger partial charge on any atom is 0.317 e. The maximum absolute atomic E-state index is 11.4. The molecule has 3 aromatic rings. The van der Waals surface area contributed by atoms with Gasteiger partial charge in [0.1, 0.15) is 18.2 Å². The van der Waals surface area contributed by atoms with Crippen molar-refractivity contribution in [3.05, 3.63) is 48.0 Å². The lowest BCUT2D eigenvalue weighted by Crippen LogP contribution is -2.46. The number of nitrogens with zero attached hydrogens (tertiary/aromatic N) is 2. The van der Waals surface area contributed by atoms with Crippen molar-refractivity contribution >= 4 is 38.1 Å². The molecule has 5 rings (SSSR count). The first-order valence-corrected chi connectivity index (χ1v) is 12.4. The van der Waals surface area contributed by atoms with Crippen LogP contribution in [0.1, 0.15) is 18.4 Å². The molecule has 1 saturated heterocycles. The number of benzene rings is 2. The Labute approximate surface area is 198 Å². The minimum absolute atomic E-state index is 0.501. The molecule has 2 amide bonds. The third kappa shape index (κ3) is 5.02. The standard InChI is InChI=1S/C25H30N4O3S/c26-25(30)27-24-20(19-5-1-2-7-23(19)33-24)6-3-4-10-28-11-13-29(14-12-28)18-8-9-21-22(17-18)32-16-15-31-21/h1-2,5,7-9,17H,3-4,6,10-16H2,(H3,26,27,30). The van der Waals surface area contributed by atoms with Crippen LogP contribution in [-0.4, -0.2) is 56.9 Å². The van der Waals surface area contributed by atoms with Gasteiger partial charge in [-0.2, -0.15) is 0 Å². The van der Waals surface area contributed by atoms with E-state index < -0.39 is 6.03 Å². The van der Waals surface area contributed by atoms with E-state index in [0.717, 1.165) is 68.5 Å². The topological polar surface area (TPSA) is 80.1 Å². The molecular formula is C25H30N4O3S. The fourth-order valence-corrected chi connectivity index (χ4v) is 5.81. The zero-order chi connectivity index (χ0) is 22.6. The Morgan fingerprint density at radius 2 is 1.79 bits per heavy atom. The summed E-state index contributed by atoms with van der Waals surface area (Å²) in [6.45, 7) is 6.48. The number of aryl methyl sites for hydroxylation is 1. The van der Waals surface area contributed by atoms with Crippen molar-refractivity contribution in [3.63, 3.8) is 0 Å². The summed E-state index contributed by atoms with van der Waals surface area (Å²) in [5, 5.41) is 4.92. The Morgan fingerprint density at radius 1 is 1.00 bits per heavy atom. The first kappa shape index (κ1) is 21.9. The minimum Gasteiger partial charge on any atom is -0.486 e. The molecule has 0 saturated carbocycles. The average Bonchev–Trinajstić information content (AvgIpc) is 3.18. The van der Waals surface area contributed by atoms with Gasteiger partial charge in [-0.25, -0.2) is 4.79 Å². The fourth-order valence-electron chi connectivity index (χ4n) is 4.66. The Bertz CT molecular complexity index is 1120. The quantitative estimate of drug-likeness (QED) is 0.507. The highest BCUT2D eigenvalue weighted by molar-refractivity contribution is 7.23. The molecule has 0 atom stereocenters. The number of hydrogen-bond donors (Lipinski definition) is 2. The number of urea groups is 1. The van der Waals surface area contributed by atoms with Crippen LogP contribution >= 0.6 is 11.3 Å². The van der Waals surface area contributed by atoms with Gasteiger partial charge in [-0.3, -0.25) is 10.2 Å². The number of unbranched alkanes of at least 4 members (excludes halogenated alkanes) is 1. The molecule has 3 heterocycles. The molecule has 0 bridgehead atoms. The van der Waals surface area contributed by atoms with Crippen molar-refractivity contribution in [2.45, 2.75) is 19.3 Å². The van der Waals surface area contributed by atoms with Gasteiger partial charge in [0, 0.05) is 42.6 Å². The molecule has 2 aliphatic heterocycles. The summed E-state index contributed by atoms with van der Waals surface area (Å²) in [5.41, 5.74) is 7.80. The summed E-state index contributed by atoms with van der Waals surface area (Å²) in [5.74, 6) is 1.70. The normalized spacial score (nSPS) is 16.2. The van der Waals surface area contributed by atoms with E-state index in [0.29, 0.717) is 13.2 Å². The van der Waals surface area contributed by atoms with E-state index in [1.54, 1.807) is 11.3 Å². The lowest BCUT2D eigenvalue weighted by Gasteiger charge is -2.36. The van der Waals surface area contributed by atoms with Crippen LogP contribution < -0.4 is 25.4 Å².